The lowest BCUT2D eigenvalue weighted by Gasteiger charge is -2.16. The third-order valence-corrected chi connectivity index (χ3v) is 14.2. The number of rotatable bonds is 8. The third kappa shape index (κ3) is 6.96. The molecule has 5 heteroatoms. The molecule has 0 bridgehead atoms. The molecule has 318 valence electrons. The highest BCUT2D eigenvalue weighted by molar-refractivity contribution is 7.26. The monoisotopic (exact) mass is 884 g/mol. The Morgan fingerprint density at radius 3 is 1.41 bits per heavy atom. The van der Waals surface area contributed by atoms with E-state index in [0.29, 0.717) is 17.5 Å². The number of hydrogen-bond acceptors (Lipinski definition) is 4. The van der Waals surface area contributed by atoms with Crippen LogP contribution < -0.4 is 0 Å². The maximum Gasteiger partial charge on any atom is 0.164 e. The van der Waals surface area contributed by atoms with Gasteiger partial charge in [-0.05, 0) is 105 Å². The van der Waals surface area contributed by atoms with Crippen molar-refractivity contribution in [1.82, 2.24) is 19.5 Å². The van der Waals surface area contributed by atoms with E-state index in [2.05, 4.69) is 211 Å². The Bertz CT molecular complexity index is 3880. The summed E-state index contributed by atoms with van der Waals surface area (Å²) in [5, 5.41) is 4.96. The number of hydrogen-bond donors (Lipinski definition) is 0. The Kier molecular flexibility index (Phi) is 9.66. The van der Waals surface area contributed by atoms with Crippen LogP contribution in [0.3, 0.4) is 0 Å². The average Bonchev–Trinajstić information content (AvgIpc) is 3.97. The van der Waals surface area contributed by atoms with Crippen molar-refractivity contribution in [2.75, 3.05) is 0 Å². The van der Waals surface area contributed by atoms with E-state index in [4.69, 9.17) is 15.0 Å². The second-order valence-corrected chi connectivity index (χ2v) is 18.2. The van der Waals surface area contributed by atoms with Crippen molar-refractivity contribution >= 4 is 53.3 Å². The van der Waals surface area contributed by atoms with Crippen molar-refractivity contribution in [3.05, 3.63) is 243 Å². The zero-order valence-corrected chi connectivity index (χ0v) is 37.6. The minimum absolute atomic E-state index is 0.610. The van der Waals surface area contributed by atoms with Crippen LogP contribution in [0.2, 0.25) is 0 Å². The Morgan fingerprint density at radius 2 is 0.794 bits per heavy atom. The molecule has 0 saturated carbocycles. The first-order valence-corrected chi connectivity index (χ1v) is 23.7. The molecule has 13 aromatic rings. The SMILES string of the molecule is c1ccc(-c2cc(-c3ccccc3)cc(-c3ccc(-c4ccc5sc6ccc7c8ccccc8n(-c8ccccc8)c7c6c5c4)c(-c4nc(-c5ccccc5)nc(-c5ccccc5)n4)c3)c2)cc1. The van der Waals surface area contributed by atoms with Crippen LogP contribution in [0.25, 0.3) is 126 Å². The summed E-state index contributed by atoms with van der Waals surface area (Å²) < 4.78 is 4.94. The second kappa shape index (κ2) is 16.6. The molecule has 0 radical (unpaired) electrons. The molecule has 0 unspecified atom stereocenters. The van der Waals surface area contributed by atoms with Gasteiger partial charge in [0.25, 0.3) is 0 Å². The van der Waals surface area contributed by atoms with Crippen molar-refractivity contribution in [3.63, 3.8) is 0 Å². The van der Waals surface area contributed by atoms with Crippen LogP contribution >= 0.6 is 11.3 Å². The molecular formula is C63H40N4S. The van der Waals surface area contributed by atoms with Crippen LogP contribution in [-0.4, -0.2) is 19.5 Å². The average molecular weight is 885 g/mol. The van der Waals surface area contributed by atoms with E-state index in [0.717, 1.165) is 66.9 Å². The van der Waals surface area contributed by atoms with E-state index < -0.39 is 0 Å². The summed E-state index contributed by atoms with van der Waals surface area (Å²) in [5.74, 6) is 1.86. The first-order valence-electron chi connectivity index (χ1n) is 22.9. The second-order valence-electron chi connectivity index (χ2n) is 17.2. The summed E-state index contributed by atoms with van der Waals surface area (Å²) in [7, 11) is 0. The standard InChI is InChI=1S/C63H40N4S/c1-6-18-41(19-7-1)47-36-48(42-20-8-2-9-21-42)38-49(37-47)45-30-32-51(54(39-45)63-65-61(43-22-10-3-11-23-43)64-62(66-63)44-24-12-4-13-25-44)46-31-34-57-55(40-46)59-58(68-57)35-33-53-52-28-16-17-29-56(52)67(60(53)59)50-26-14-5-15-27-50/h1-40H. The maximum atomic E-state index is 5.34. The molecule has 0 saturated heterocycles. The van der Waals surface area contributed by atoms with E-state index in [1.165, 1.54) is 42.0 Å². The molecule has 3 aromatic heterocycles. The van der Waals surface area contributed by atoms with E-state index in [-0.39, 0.29) is 0 Å². The van der Waals surface area contributed by atoms with Crippen LogP contribution in [-0.2, 0) is 0 Å². The van der Waals surface area contributed by atoms with Gasteiger partial charge in [0.05, 0.1) is 11.0 Å². The van der Waals surface area contributed by atoms with Crippen LogP contribution in [0.4, 0.5) is 0 Å². The highest BCUT2D eigenvalue weighted by Gasteiger charge is 2.21. The molecule has 0 N–H and O–H groups in total. The first-order chi connectivity index (χ1) is 33.7. The van der Waals surface area contributed by atoms with Crippen molar-refractivity contribution in [2.45, 2.75) is 0 Å². The lowest BCUT2D eigenvalue weighted by Crippen LogP contribution is -2.01. The summed E-state index contributed by atoms with van der Waals surface area (Å²) in [6.07, 6.45) is 0. The topological polar surface area (TPSA) is 43.6 Å². The third-order valence-electron chi connectivity index (χ3n) is 13.0. The number of benzene rings is 10. The molecule has 68 heavy (non-hydrogen) atoms. The highest BCUT2D eigenvalue weighted by atomic mass is 32.1. The van der Waals surface area contributed by atoms with Crippen LogP contribution in [0.15, 0.2) is 243 Å². The normalized spacial score (nSPS) is 11.5. The van der Waals surface area contributed by atoms with Crippen molar-refractivity contribution in [2.24, 2.45) is 0 Å². The maximum absolute atomic E-state index is 5.34. The molecule has 0 amide bonds. The van der Waals surface area contributed by atoms with E-state index >= 15 is 0 Å². The zero-order valence-electron chi connectivity index (χ0n) is 36.8. The molecule has 0 aliphatic heterocycles. The lowest BCUT2D eigenvalue weighted by molar-refractivity contribution is 1.07. The number of thiophene rings is 1. The van der Waals surface area contributed by atoms with E-state index in [1.54, 1.807) is 0 Å². The fourth-order valence-corrected chi connectivity index (χ4v) is 10.9. The summed E-state index contributed by atoms with van der Waals surface area (Å²) in [6.45, 7) is 0. The first kappa shape index (κ1) is 39.6. The van der Waals surface area contributed by atoms with Gasteiger partial charge in [0.15, 0.2) is 17.5 Å². The quantitative estimate of drug-likeness (QED) is 0.153. The minimum atomic E-state index is 0.610. The van der Waals surface area contributed by atoms with Crippen LogP contribution in [0.1, 0.15) is 0 Å². The number of fused-ring (bicyclic) bond motifs is 7. The van der Waals surface area contributed by atoms with Gasteiger partial charge in [-0.15, -0.1) is 11.3 Å². The van der Waals surface area contributed by atoms with Gasteiger partial charge in [0, 0.05) is 53.3 Å². The van der Waals surface area contributed by atoms with Crippen molar-refractivity contribution in [1.29, 1.82) is 0 Å². The number of nitrogens with zero attached hydrogens (tertiary/aromatic N) is 4. The number of aromatic nitrogens is 4. The molecule has 13 rings (SSSR count). The Hall–Kier alpha value is -8.77. The molecule has 0 spiro atoms. The molecule has 0 atom stereocenters. The van der Waals surface area contributed by atoms with Crippen molar-refractivity contribution < 1.29 is 0 Å². The molecular weight excluding hydrogens is 845 g/mol. The molecule has 0 aliphatic carbocycles. The molecule has 10 aromatic carbocycles. The van der Waals surface area contributed by atoms with Crippen LogP contribution in [0, 0.1) is 0 Å². The predicted octanol–water partition coefficient (Wildman–Crippen LogP) is 17.0. The largest absolute Gasteiger partial charge is 0.309 e. The zero-order chi connectivity index (χ0) is 45.0. The molecule has 4 nitrogen and oxygen atoms in total. The molecule has 3 heterocycles. The van der Waals surface area contributed by atoms with Gasteiger partial charge in [-0.3, -0.25) is 0 Å². The van der Waals surface area contributed by atoms with Crippen molar-refractivity contribution in [3.8, 4) is 84.4 Å². The summed E-state index contributed by atoms with van der Waals surface area (Å²) >= 11 is 1.85. The molecule has 0 fully saturated rings. The van der Waals surface area contributed by atoms with Gasteiger partial charge in [-0.1, -0.05) is 182 Å². The number of para-hydroxylation sites is 2. The van der Waals surface area contributed by atoms with Gasteiger partial charge in [-0.2, -0.15) is 0 Å². The summed E-state index contributed by atoms with van der Waals surface area (Å²) in [5.41, 5.74) is 15.3. The summed E-state index contributed by atoms with van der Waals surface area (Å²) in [4.78, 5) is 15.8. The molecule has 0 aliphatic rings. The van der Waals surface area contributed by atoms with Crippen LogP contribution in [0.5, 0.6) is 0 Å². The van der Waals surface area contributed by atoms with E-state index in [9.17, 15) is 0 Å². The minimum Gasteiger partial charge on any atom is -0.309 e. The highest BCUT2D eigenvalue weighted by Crippen LogP contribution is 2.46. The van der Waals surface area contributed by atoms with Gasteiger partial charge in [-0.25, -0.2) is 15.0 Å². The Labute approximate surface area is 397 Å². The predicted molar refractivity (Wildman–Crippen MR) is 285 cm³/mol. The van der Waals surface area contributed by atoms with E-state index in [1.807, 2.05) is 47.7 Å². The van der Waals surface area contributed by atoms with Gasteiger partial charge in [0.1, 0.15) is 0 Å². The smallest absolute Gasteiger partial charge is 0.164 e. The Morgan fingerprint density at radius 1 is 0.294 bits per heavy atom. The van der Waals surface area contributed by atoms with Gasteiger partial charge in [0.2, 0.25) is 0 Å². The van der Waals surface area contributed by atoms with Gasteiger partial charge < -0.3 is 4.57 Å². The summed E-state index contributed by atoms with van der Waals surface area (Å²) in [6, 6.07) is 86.5. The lowest BCUT2D eigenvalue weighted by atomic mass is 9.90. The fourth-order valence-electron chi connectivity index (χ4n) is 9.81. The fraction of sp³-hybridized carbons (Fsp3) is 0. The Balaban J connectivity index is 1.08. The van der Waals surface area contributed by atoms with Gasteiger partial charge >= 0.3 is 0 Å².